The van der Waals surface area contributed by atoms with Crippen molar-refractivity contribution in [1.29, 1.82) is 0 Å². The number of nitrogens with zero attached hydrogens (tertiary/aromatic N) is 2. The average molecular weight is 357 g/mol. The molecule has 3 aromatic rings. The number of rotatable bonds is 5. The van der Waals surface area contributed by atoms with Gasteiger partial charge in [0, 0.05) is 36.3 Å². The van der Waals surface area contributed by atoms with E-state index in [1.165, 1.54) is 30.4 Å². The molecule has 0 saturated heterocycles. The lowest BCUT2D eigenvalue weighted by Gasteiger charge is -2.02. The number of thiazole rings is 1. The largest absolute Gasteiger partial charge is 0.346 e. The van der Waals surface area contributed by atoms with E-state index in [4.69, 9.17) is 0 Å². The summed E-state index contributed by atoms with van der Waals surface area (Å²) in [4.78, 5) is 28.9. The molecule has 2 aromatic heterocycles. The van der Waals surface area contributed by atoms with Crippen molar-refractivity contribution in [3.63, 3.8) is 0 Å². The molecule has 2 heterocycles. The lowest BCUT2D eigenvalue weighted by atomic mass is 10.1. The predicted octanol–water partition coefficient (Wildman–Crippen LogP) is 3.67. The second kappa shape index (κ2) is 6.98. The Morgan fingerprint density at radius 3 is 2.64 bits per heavy atom. The molecule has 0 saturated carbocycles. The first-order valence-corrected chi connectivity index (χ1v) is 8.42. The first-order valence-electron chi connectivity index (χ1n) is 7.60. The number of benzene rings is 1. The van der Waals surface area contributed by atoms with Gasteiger partial charge in [-0.05, 0) is 30.7 Å². The number of carbonyl (C=O) groups is 2. The summed E-state index contributed by atoms with van der Waals surface area (Å²) in [6.07, 6.45) is 3.93. The number of hydrogen-bond donors (Lipinski definition) is 1. The molecule has 7 heteroatoms. The molecule has 0 radical (unpaired) electrons. The molecule has 0 aliphatic heterocycles. The smallest absolute Gasteiger partial charge is 0.274 e. The van der Waals surface area contributed by atoms with Gasteiger partial charge in [0.2, 0.25) is 0 Å². The summed E-state index contributed by atoms with van der Waals surface area (Å²) in [5.74, 6) is -0.684. The highest BCUT2D eigenvalue weighted by atomic mass is 32.1. The molecule has 0 unspecified atom stereocenters. The van der Waals surface area contributed by atoms with E-state index >= 15 is 0 Å². The van der Waals surface area contributed by atoms with Gasteiger partial charge in [-0.1, -0.05) is 12.1 Å². The number of ketones is 1. The molecule has 128 valence electrons. The molecular formula is C18H16FN3O2S. The van der Waals surface area contributed by atoms with Crippen LogP contribution in [-0.4, -0.2) is 21.2 Å². The molecule has 0 bridgehead atoms. The third kappa shape index (κ3) is 4.00. The summed E-state index contributed by atoms with van der Waals surface area (Å²) in [5, 5.41) is 3.22. The van der Waals surface area contributed by atoms with Crippen LogP contribution in [-0.2, 0) is 13.5 Å². The Labute approximate surface area is 148 Å². The van der Waals surface area contributed by atoms with Crippen LogP contribution >= 0.6 is 11.3 Å². The van der Waals surface area contributed by atoms with Crippen molar-refractivity contribution >= 4 is 28.2 Å². The Balaban J connectivity index is 1.69. The van der Waals surface area contributed by atoms with Crippen LogP contribution in [0.3, 0.4) is 0 Å². The van der Waals surface area contributed by atoms with Gasteiger partial charge in [-0.3, -0.25) is 14.9 Å². The summed E-state index contributed by atoms with van der Waals surface area (Å²) >= 11 is 1.36. The second-order valence-electron chi connectivity index (χ2n) is 5.67. The first-order chi connectivity index (χ1) is 11.9. The van der Waals surface area contributed by atoms with Gasteiger partial charge in [0.25, 0.3) is 5.91 Å². The van der Waals surface area contributed by atoms with Crippen molar-refractivity contribution < 1.29 is 14.0 Å². The van der Waals surface area contributed by atoms with Gasteiger partial charge < -0.3 is 4.57 Å². The Hall–Kier alpha value is -2.80. The van der Waals surface area contributed by atoms with Crippen LogP contribution in [0.25, 0.3) is 0 Å². The fourth-order valence-corrected chi connectivity index (χ4v) is 3.24. The Morgan fingerprint density at radius 1 is 1.28 bits per heavy atom. The van der Waals surface area contributed by atoms with Crippen molar-refractivity contribution in [2.24, 2.45) is 7.05 Å². The zero-order valence-corrected chi connectivity index (χ0v) is 14.6. The molecule has 0 fully saturated rings. The molecule has 1 aromatic carbocycles. The van der Waals surface area contributed by atoms with E-state index < -0.39 is 0 Å². The van der Waals surface area contributed by atoms with Crippen LogP contribution in [0, 0.1) is 5.82 Å². The topological polar surface area (TPSA) is 64.0 Å². The van der Waals surface area contributed by atoms with E-state index in [-0.39, 0.29) is 17.5 Å². The fraction of sp³-hybridized carbons (Fsp3) is 0.167. The molecule has 1 amide bonds. The van der Waals surface area contributed by atoms with Crippen LogP contribution in [0.15, 0.2) is 42.7 Å². The highest BCUT2D eigenvalue weighted by Crippen LogP contribution is 2.22. The molecule has 25 heavy (non-hydrogen) atoms. The number of halogens is 1. The lowest BCUT2D eigenvalue weighted by molar-refractivity contribution is 0.101. The predicted molar refractivity (Wildman–Crippen MR) is 94.7 cm³/mol. The van der Waals surface area contributed by atoms with Gasteiger partial charge in [-0.2, -0.15) is 0 Å². The third-order valence-corrected chi connectivity index (χ3v) is 4.62. The van der Waals surface area contributed by atoms with Crippen molar-refractivity contribution in [2.75, 3.05) is 5.32 Å². The van der Waals surface area contributed by atoms with E-state index in [2.05, 4.69) is 10.3 Å². The van der Waals surface area contributed by atoms with E-state index in [0.717, 1.165) is 10.4 Å². The number of anilines is 1. The maximum Gasteiger partial charge on any atom is 0.274 e. The van der Waals surface area contributed by atoms with Gasteiger partial charge in [0.1, 0.15) is 11.5 Å². The number of aromatic nitrogens is 2. The van der Waals surface area contributed by atoms with Crippen molar-refractivity contribution in [3.05, 3.63) is 70.2 Å². The minimum Gasteiger partial charge on any atom is -0.346 e. The Morgan fingerprint density at radius 2 is 2.00 bits per heavy atom. The minimum absolute atomic E-state index is 0.0921. The zero-order chi connectivity index (χ0) is 18.0. The summed E-state index contributed by atoms with van der Waals surface area (Å²) in [5.41, 5.74) is 1.85. The van der Waals surface area contributed by atoms with Crippen LogP contribution < -0.4 is 5.32 Å². The molecule has 0 aliphatic rings. The highest BCUT2D eigenvalue weighted by molar-refractivity contribution is 7.15. The number of hydrogen-bond acceptors (Lipinski definition) is 4. The monoisotopic (exact) mass is 357 g/mol. The van der Waals surface area contributed by atoms with Gasteiger partial charge >= 0.3 is 0 Å². The van der Waals surface area contributed by atoms with Crippen molar-refractivity contribution in [2.45, 2.75) is 13.3 Å². The summed E-state index contributed by atoms with van der Waals surface area (Å²) in [7, 11) is 1.71. The number of nitrogens with one attached hydrogen (secondary N) is 1. The lowest BCUT2D eigenvalue weighted by Crippen LogP contribution is -2.15. The molecule has 1 N–H and O–H groups in total. The minimum atomic E-state index is -0.322. The normalized spacial score (nSPS) is 10.7. The van der Waals surface area contributed by atoms with Crippen LogP contribution in [0.1, 0.15) is 38.2 Å². The number of Topliss-reactive ketones (excluding diaryl/α,β-unsaturated/α-hetero) is 1. The van der Waals surface area contributed by atoms with E-state index in [9.17, 15) is 14.0 Å². The van der Waals surface area contributed by atoms with Crippen molar-refractivity contribution in [3.8, 4) is 0 Å². The summed E-state index contributed by atoms with van der Waals surface area (Å²) < 4.78 is 14.5. The van der Waals surface area contributed by atoms with E-state index in [1.807, 2.05) is 0 Å². The standard InChI is InChI=1S/C18H16FN3O2S/c1-11(23)13-8-16(22(2)10-13)17(24)21-18-20-9-15(25-18)7-12-3-5-14(19)6-4-12/h3-6,8-10H,7H2,1-2H3,(H,20,21,24). The molecule has 0 aliphatic carbocycles. The summed E-state index contributed by atoms with van der Waals surface area (Å²) in [6.45, 7) is 1.46. The van der Waals surface area contributed by atoms with Gasteiger partial charge in [-0.25, -0.2) is 9.37 Å². The molecule has 0 atom stereocenters. The number of aryl methyl sites for hydroxylation is 1. The fourth-order valence-electron chi connectivity index (χ4n) is 2.39. The van der Waals surface area contributed by atoms with Crippen LogP contribution in [0.5, 0.6) is 0 Å². The maximum absolute atomic E-state index is 12.9. The third-order valence-electron chi connectivity index (χ3n) is 3.71. The maximum atomic E-state index is 12.9. The van der Waals surface area contributed by atoms with Crippen LogP contribution in [0.4, 0.5) is 9.52 Å². The quantitative estimate of drug-likeness (QED) is 0.709. The second-order valence-corrected chi connectivity index (χ2v) is 6.79. The van der Waals surface area contributed by atoms with E-state index in [0.29, 0.717) is 22.8 Å². The molecule has 0 spiro atoms. The number of amides is 1. The Bertz CT molecular complexity index is 928. The van der Waals surface area contributed by atoms with Gasteiger partial charge in [-0.15, -0.1) is 11.3 Å². The number of carbonyl (C=O) groups excluding carboxylic acids is 2. The molecule has 5 nitrogen and oxygen atoms in total. The zero-order valence-electron chi connectivity index (χ0n) is 13.7. The first kappa shape index (κ1) is 17.0. The average Bonchev–Trinajstić information content (AvgIpc) is 3.16. The molecule has 3 rings (SSSR count). The van der Waals surface area contributed by atoms with E-state index in [1.54, 1.807) is 42.2 Å². The van der Waals surface area contributed by atoms with Crippen molar-refractivity contribution in [1.82, 2.24) is 9.55 Å². The SMILES string of the molecule is CC(=O)c1cc(C(=O)Nc2ncc(Cc3ccc(F)cc3)s2)n(C)c1. The van der Waals surface area contributed by atoms with Crippen LogP contribution in [0.2, 0.25) is 0 Å². The van der Waals surface area contributed by atoms with Gasteiger partial charge in [0.05, 0.1) is 0 Å². The highest BCUT2D eigenvalue weighted by Gasteiger charge is 2.15. The molecular weight excluding hydrogens is 341 g/mol. The Kier molecular flexibility index (Phi) is 4.76. The summed E-state index contributed by atoms with van der Waals surface area (Å²) in [6, 6.07) is 7.84. The van der Waals surface area contributed by atoms with Gasteiger partial charge in [0.15, 0.2) is 10.9 Å².